The van der Waals surface area contributed by atoms with Gasteiger partial charge in [0.1, 0.15) is 11.5 Å². The molecule has 0 unspecified atom stereocenters. The van der Waals surface area contributed by atoms with Crippen LogP contribution in [0.1, 0.15) is 24.0 Å². The lowest BCUT2D eigenvalue weighted by Gasteiger charge is -2.23. The summed E-state index contributed by atoms with van der Waals surface area (Å²) in [6.45, 7) is 0.527. The van der Waals surface area contributed by atoms with Crippen molar-refractivity contribution in [1.29, 1.82) is 0 Å². The lowest BCUT2D eigenvalue weighted by Crippen LogP contribution is -2.12. The Kier molecular flexibility index (Phi) is 6.90. The maximum absolute atomic E-state index is 8.87. The van der Waals surface area contributed by atoms with Crippen molar-refractivity contribution in [3.8, 4) is 11.5 Å². The first-order valence-electron chi connectivity index (χ1n) is 9.58. The Morgan fingerprint density at radius 1 is 0.679 bits per heavy atom. The second-order valence-electron chi connectivity index (χ2n) is 7.13. The molecule has 0 saturated heterocycles. The minimum atomic E-state index is 0.264. The molecule has 2 N–H and O–H groups in total. The van der Waals surface area contributed by atoms with Gasteiger partial charge < -0.3 is 19.7 Å². The number of hydrogen-bond donors (Lipinski definition) is 2. The van der Waals surface area contributed by atoms with E-state index in [0.29, 0.717) is 11.8 Å². The monoisotopic (exact) mass is 380 g/mol. The molecular formula is C24H28O4. The Bertz CT molecular complexity index is 747. The number of benzene rings is 2. The second kappa shape index (κ2) is 9.58. The molecule has 0 amide bonds. The van der Waals surface area contributed by atoms with Gasteiger partial charge in [0, 0.05) is 25.0 Å². The molecule has 28 heavy (non-hydrogen) atoms. The van der Waals surface area contributed by atoms with Crippen LogP contribution in [0.5, 0.6) is 11.5 Å². The van der Waals surface area contributed by atoms with Crippen molar-refractivity contribution in [2.24, 2.45) is 11.8 Å². The standard InChI is InChI=1S/2C12H14O2/c2*1-14-12-4-2-10(3-5-12)11-6-9(7-11)8-13/h2*2-6,9,13H,7-8H2,1H3/t2*9-/m11/s1. The molecule has 0 radical (unpaired) electrons. The van der Waals surface area contributed by atoms with Crippen molar-refractivity contribution in [2.75, 3.05) is 27.4 Å². The Morgan fingerprint density at radius 2 is 1.00 bits per heavy atom. The number of hydrogen-bond acceptors (Lipinski definition) is 4. The third-order valence-electron chi connectivity index (χ3n) is 5.23. The molecule has 2 aromatic carbocycles. The van der Waals surface area contributed by atoms with E-state index in [-0.39, 0.29) is 13.2 Å². The van der Waals surface area contributed by atoms with Gasteiger partial charge >= 0.3 is 0 Å². The first kappa shape index (κ1) is 20.2. The van der Waals surface area contributed by atoms with Crippen LogP contribution in [0, 0.1) is 11.8 Å². The van der Waals surface area contributed by atoms with E-state index in [1.54, 1.807) is 14.2 Å². The molecule has 0 aliphatic heterocycles. The molecule has 0 saturated carbocycles. The Labute approximate surface area is 166 Å². The third kappa shape index (κ3) is 4.83. The number of allylic oxidation sites excluding steroid dienone is 2. The Balaban J connectivity index is 0.000000161. The third-order valence-corrected chi connectivity index (χ3v) is 5.23. The van der Waals surface area contributed by atoms with Gasteiger partial charge in [-0.25, -0.2) is 0 Å². The van der Waals surface area contributed by atoms with Gasteiger partial charge in [-0.1, -0.05) is 36.4 Å². The average Bonchev–Trinajstić information content (AvgIpc) is 2.68. The van der Waals surface area contributed by atoms with Crippen LogP contribution in [-0.2, 0) is 0 Å². The summed E-state index contributed by atoms with van der Waals surface area (Å²) in [6.07, 6.45) is 6.23. The zero-order valence-corrected chi connectivity index (χ0v) is 16.5. The van der Waals surface area contributed by atoms with Gasteiger partial charge in [-0.2, -0.15) is 0 Å². The topological polar surface area (TPSA) is 58.9 Å². The molecule has 2 aromatic rings. The van der Waals surface area contributed by atoms with E-state index in [0.717, 1.165) is 24.3 Å². The van der Waals surface area contributed by atoms with E-state index in [4.69, 9.17) is 19.7 Å². The van der Waals surface area contributed by atoms with Crippen LogP contribution in [0.4, 0.5) is 0 Å². The molecule has 4 heteroatoms. The summed E-state index contributed by atoms with van der Waals surface area (Å²) in [6, 6.07) is 16.1. The molecule has 4 rings (SSSR count). The molecule has 148 valence electrons. The Morgan fingerprint density at radius 3 is 1.25 bits per heavy atom. The zero-order valence-electron chi connectivity index (χ0n) is 16.5. The van der Waals surface area contributed by atoms with Crippen LogP contribution >= 0.6 is 0 Å². The molecule has 2 aliphatic rings. The predicted molar refractivity (Wildman–Crippen MR) is 112 cm³/mol. The van der Waals surface area contributed by atoms with E-state index >= 15 is 0 Å². The molecule has 0 fully saturated rings. The quantitative estimate of drug-likeness (QED) is 0.789. The average molecular weight is 380 g/mol. The molecule has 0 aromatic heterocycles. The van der Waals surface area contributed by atoms with Crippen LogP contribution in [0.15, 0.2) is 60.7 Å². The van der Waals surface area contributed by atoms with Crippen LogP contribution in [-0.4, -0.2) is 37.6 Å². The molecular weight excluding hydrogens is 352 g/mol. The summed E-state index contributed by atoms with van der Waals surface area (Å²) in [7, 11) is 3.33. The highest BCUT2D eigenvalue weighted by Gasteiger charge is 2.19. The highest BCUT2D eigenvalue weighted by atomic mass is 16.5. The summed E-state index contributed by atoms with van der Waals surface area (Å²) >= 11 is 0. The van der Waals surface area contributed by atoms with Gasteiger partial charge in [0.15, 0.2) is 0 Å². The summed E-state index contributed by atoms with van der Waals surface area (Å²) < 4.78 is 10.2. The normalized spacial score (nSPS) is 19.9. The molecule has 0 bridgehead atoms. The van der Waals surface area contributed by atoms with Crippen molar-refractivity contribution >= 4 is 11.1 Å². The first-order chi connectivity index (χ1) is 13.7. The molecule has 0 spiro atoms. The van der Waals surface area contributed by atoms with Crippen LogP contribution in [0.3, 0.4) is 0 Å². The van der Waals surface area contributed by atoms with Crippen molar-refractivity contribution in [3.05, 3.63) is 71.8 Å². The van der Waals surface area contributed by atoms with E-state index in [1.165, 1.54) is 22.3 Å². The number of aliphatic hydroxyl groups excluding tert-OH is 2. The van der Waals surface area contributed by atoms with Crippen molar-refractivity contribution in [2.45, 2.75) is 12.8 Å². The number of methoxy groups -OCH3 is 2. The van der Waals surface area contributed by atoms with E-state index in [9.17, 15) is 0 Å². The summed E-state index contributed by atoms with van der Waals surface area (Å²) in [5, 5.41) is 17.7. The van der Waals surface area contributed by atoms with Gasteiger partial charge in [0.05, 0.1) is 14.2 Å². The number of aliphatic hydroxyl groups is 2. The van der Waals surface area contributed by atoms with Crippen LogP contribution in [0.2, 0.25) is 0 Å². The summed E-state index contributed by atoms with van der Waals surface area (Å²) in [5.41, 5.74) is 5.12. The lowest BCUT2D eigenvalue weighted by atomic mass is 9.83. The summed E-state index contributed by atoms with van der Waals surface area (Å²) in [5.74, 6) is 2.50. The number of rotatable bonds is 6. The minimum Gasteiger partial charge on any atom is -0.497 e. The molecule has 0 heterocycles. The fourth-order valence-corrected chi connectivity index (χ4v) is 3.34. The number of ether oxygens (including phenoxy) is 2. The minimum absolute atomic E-state index is 0.264. The van der Waals surface area contributed by atoms with E-state index in [1.807, 2.05) is 24.3 Å². The zero-order chi connectivity index (χ0) is 19.9. The van der Waals surface area contributed by atoms with Gasteiger partial charge in [-0.3, -0.25) is 0 Å². The van der Waals surface area contributed by atoms with Gasteiger partial charge in [-0.05, 0) is 59.4 Å². The van der Waals surface area contributed by atoms with Crippen molar-refractivity contribution in [1.82, 2.24) is 0 Å². The largest absolute Gasteiger partial charge is 0.497 e. The van der Waals surface area contributed by atoms with E-state index < -0.39 is 0 Å². The van der Waals surface area contributed by atoms with Gasteiger partial charge in [-0.15, -0.1) is 0 Å². The van der Waals surface area contributed by atoms with Crippen LogP contribution in [0.25, 0.3) is 11.1 Å². The highest BCUT2D eigenvalue weighted by Crippen LogP contribution is 2.35. The van der Waals surface area contributed by atoms with Gasteiger partial charge in [0.2, 0.25) is 0 Å². The summed E-state index contributed by atoms with van der Waals surface area (Å²) in [4.78, 5) is 0. The molecule has 4 nitrogen and oxygen atoms in total. The van der Waals surface area contributed by atoms with Crippen molar-refractivity contribution in [3.63, 3.8) is 0 Å². The maximum atomic E-state index is 8.87. The molecule has 2 atom stereocenters. The second-order valence-corrected chi connectivity index (χ2v) is 7.13. The predicted octanol–water partition coefficient (Wildman–Crippen LogP) is 4.18. The lowest BCUT2D eigenvalue weighted by molar-refractivity contribution is 0.247. The smallest absolute Gasteiger partial charge is 0.118 e. The maximum Gasteiger partial charge on any atom is 0.118 e. The molecule has 2 aliphatic carbocycles. The van der Waals surface area contributed by atoms with Crippen LogP contribution < -0.4 is 9.47 Å². The Hall–Kier alpha value is -2.56. The van der Waals surface area contributed by atoms with Crippen molar-refractivity contribution < 1.29 is 19.7 Å². The van der Waals surface area contributed by atoms with Gasteiger partial charge in [0.25, 0.3) is 0 Å². The SMILES string of the molecule is COc1ccc(C2=C[C@@H](CO)C2)cc1.COc1ccc(C2=C[C@@H](CO)C2)cc1. The fraction of sp³-hybridized carbons (Fsp3) is 0.333. The first-order valence-corrected chi connectivity index (χ1v) is 9.58. The highest BCUT2D eigenvalue weighted by molar-refractivity contribution is 5.71. The fourth-order valence-electron chi connectivity index (χ4n) is 3.34. The van der Waals surface area contributed by atoms with E-state index in [2.05, 4.69) is 36.4 Å².